The summed E-state index contributed by atoms with van der Waals surface area (Å²) in [6.45, 7) is 8.10. The molecule has 1 saturated heterocycles. The van der Waals surface area contributed by atoms with E-state index in [4.69, 9.17) is 4.74 Å². The van der Waals surface area contributed by atoms with Crippen LogP contribution < -0.4 is 9.62 Å². The summed E-state index contributed by atoms with van der Waals surface area (Å²) in [4.78, 5) is 6.81. The molecule has 2 aliphatic heterocycles. The van der Waals surface area contributed by atoms with Crippen LogP contribution in [0.2, 0.25) is 0 Å². The van der Waals surface area contributed by atoms with Crippen LogP contribution in [0.4, 0.5) is 5.69 Å². The molecule has 8 heteroatoms. The Morgan fingerprint density at radius 1 is 1.21 bits per heavy atom. The van der Waals surface area contributed by atoms with Crippen LogP contribution in [0.1, 0.15) is 32.3 Å². The van der Waals surface area contributed by atoms with E-state index >= 15 is 0 Å². The number of benzene rings is 1. The van der Waals surface area contributed by atoms with Gasteiger partial charge in [0, 0.05) is 32.8 Å². The van der Waals surface area contributed by atoms with Gasteiger partial charge in [-0.3, -0.25) is 9.30 Å². The third-order valence-electron chi connectivity index (χ3n) is 5.27. The maximum absolute atomic E-state index is 12.8. The molecule has 7 nitrogen and oxygen atoms in total. The number of ether oxygens (including phenoxy) is 1. The first-order chi connectivity index (χ1) is 13.5. The number of sulfonamides is 1. The standard InChI is InChI=1S/C20H32N4O3S/c1-3-21-20(23-13-10-18(11-14-23)27-4-2)22-12-16-28(25,26)24-15-9-17-7-5-6-8-19(17)24/h5-8,18H,3-4,9-16H2,1-2H3,(H,21,22). The van der Waals surface area contributed by atoms with Crippen molar-refractivity contribution in [3.63, 3.8) is 0 Å². The van der Waals surface area contributed by atoms with Crippen LogP contribution in [-0.4, -0.2) is 70.5 Å². The number of rotatable bonds is 7. The Labute approximate surface area is 168 Å². The molecule has 0 atom stereocenters. The van der Waals surface area contributed by atoms with Crippen molar-refractivity contribution in [2.45, 2.75) is 39.2 Å². The van der Waals surface area contributed by atoms with E-state index in [-0.39, 0.29) is 12.3 Å². The molecule has 1 aromatic carbocycles. The van der Waals surface area contributed by atoms with E-state index in [1.165, 1.54) is 0 Å². The number of likely N-dealkylation sites (tertiary alicyclic amines) is 1. The molecule has 1 N–H and O–H groups in total. The lowest BCUT2D eigenvalue weighted by Crippen LogP contribution is -2.47. The summed E-state index contributed by atoms with van der Waals surface area (Å²) >= 11 is 0. The monoisotopic (exact) mass is 408 g/mol. The average molecular weight is 409 g/mol. The zero-order valence-corrected chi connectivity index (χ0v) is 17.7. The van der Waals surface area contributed by atoms with E-state index in [2.05, 4.69) is 15.2 Å². The Balaban J connectivity index is 1.59. The van der Waals surface area contributed by atoms with Crippen LogP contribution >= 0.6 is 0 Å². The van der Waals surface area contributed by atoms with Crippen LogP contribution in [0, 0.1) is 0 Å². The van der Waals surface area contributed by atoms with Crippen molar-refractivity contribution in [2.75, 3.05) is 49.4 Å². The lowest BCUT2D eigenvalue weighted by molar-refractivity contribution is 0.0264. The van der Waals surface area contributed by atoms with Crippen molar-refractivity contribution >= 4 is 21.7 Å². The van der Waals surface area contributed by atoms with Crippen molar-refractivity contribution in [2.24, 2.45) is 4.99 Å². The Kier molecular flexibility index (Phi) is 7.18. The Bertz CT molecular complexity index is 773. The predicted octanol–water partition coefficient (Wildman–Crippen LogP) is 1.85. The second-order valence-electron chi connectivity index (χ2n) is 7.14. The van der Waals surface area contributed by atoms with Crippen LogP contribution in [-0.2, 0) is 21.2 Å². The molecule has 0 amide bonds. The number of aliphatic imine (C=N–C) groups is 1. The maximum Gasteiger partial charge on any atom is 0.237 e. The fourth-order valence-electron chi connectivity index (χ4n) is 3.87. The molecular weight excluding hydrogens is 376 g/mol. The molecule has 28 heavy (non-hydrogen) atoms. The van der Waals surface area contributed by atoms with E-state index < -0.39 is 10.0 Å². The number of hydrogen-bond donors (Lipinski definition) is 1. The summed E-state index contributed by atoms with van der Waals surface area (Å²) < 4.78 is 32.9. The molecule has 0 bridgehead atoms. The number of guanidine groups is 1. The molecule has 1 fully saturated rings. The van der Waals surface area contributed by atoms with Crippen molar-refractivity contribution in [3.05, 3.63) is 29.8 Å². The van der Waals surface area contributed by atoms with E-state index in [9.17, 15) is 8.42 Å². The number of para-hydroxylation sites is 1. The second kappa shape index (κ2) is 9.60. The van der Waals surface area contributed by atoms with Gasteiger partial charge < -0.3 is 15.0 Å². The van der Waals surface area contributed by atoms with Gasteiger partial charge in [-0.25, -0.2) is 8.42 Å². The average Bonchev–Trinajstić information content (AvgIpc) is 3.13. The normalized spacial score (nSPS) is 18.4. The SMILES string of the molecule is CCNC(=NCCS(=O)(=O)N1CCc2ccccc21)N1CCC(OCC)CC1. The topological polar surface area (TPSA) is 74.2 Å². The molecule has 2 heterocycles. The molecule has 1 aromatic rings. The highest BCUT2D eigenvalue weighted by molar-refractivity contribution is 7.92. The molecule has 0 saturated carbocycles. The highest BCUT2D eigenvalue weighted by atomic mass is 32.2. The van der Waals surface area contributed by atoms with Gasteiger partial charge in [-0.2, -0.15) is 0 Å². The summed E-state index contributed by atoms with van der Waals surface area (Å²) in [6, 6.07) is 7.73. The summed E-state index contributed by atoms with van der Waals surface area (Å²) in [7, 11) is -3.37. The molecule has 0 radical (unpaired) electrons. The molecule has 3 rings (SSSR count). The Morgan fingerprint density at radius 3 is 2.68 bits per heavy atom. The minimum Gasteiger partial charge on any atom is -0.378 e. The van der Waals surface area contributed by atoms with Crippen LogP contribution in [0.3, 0.4) is 0 Å². The molecule has 0 aliphatic carbocycles. The van der Waals surface area contributed by atoms with Crippen LogP contribution in [0.15, 0.2) is 29.3 Å². The van der Waals surface area contributed by atoms with Crippen LogP contribution in [0.5, 0.6) is 0 Å². The van der Waals surface area contributed by atoms with Gasteiger partial charge in [0.2, 0.25) is 10.0 Å². The molecule has 156 valence electrons. The molecule has 2 aliphatic rings. The molecule has 0 aromatic heterocycles. The number of hydrogen-bond acceptors (Lipinski definition) is 4. The number of anilines is 1. The van der Waals surface area contributed by atoms with Crippen molar-refractivity contribution in [1.82, 2.24) is 10.2 Å². The first kappa shape index (κ1) is 20.9. The summed E-state index contributed by atoms with van der Waals surface area (Å²) in [5.74, 6) is 0.820. The third-order valence-corrected chi connectivity index (χ3v) is 7.02. The van der Waals surface area contributed by atoms with Crippen molar-refractivity contribution < 1.29 is 13.2 Å². The van der Waals surface area contributed by atoms with Gasteiger partial charge in [0.05, 0.1) is 24.1 Å². The van der Waals surface area contributed by atoms with Gasteiger partial charge in [-0.15, -0.1) is 0 Å². The van der Waals surface area contributed by atoms with Gasteiger partial charge in [0.25, 0.3) is 0 Å². The number of nitrogens with one attached hydrogen (secondary N) is 1. The zero-order chi connectivity index (χ0) is 20.0. The van der Waals surface area contributed by atoms with Gasteiger partial charge >= 0.3 is 0 Å². The third kappa shape index (κ3) is 4.97. The highest BCUT2D eigenvalue weighted by Crippen LogP contribution is 2.29. The number of nitrogens with zero attached hydrogens (tertiary/aromatic N) is 3. The largest absolute Gasteiger partial charge is 0.378 e. The van der Waals surface area contributed by atoms with E-state index in [1.54, 1.807) is 4.31 Å². The summed E-state index contributed by atoms with van der Waals surface area (Å²) in [5.41, 5.74) is 1.91. The number of piperidine rings is 1. The highest BCUT2D eigenvalue weighted by Gasteiger charge is 2.29. The summed E-state index contributed by atoms with van der Waals surface area (Å²) in [5, 5.41) is 3.30. The lowest BCUT2D eigenvalue weighted by atomic mass is 10.1. The zero-order valence-electron chi connectivity index (χ0n) is 16.9. The first-order valence-corrected chi connectivity index (χ1v) is 11.9. The summed E-state index contributed by atoms with van der Waals surface area (Å²) in [6.07, 6.45) is 3.04. The van der Waals surface area contributed by atoms with E-state index in [0.717, 1.165) is 62.7 Å². The molecular formula is C20H32N4O3S. The van der Waals surface area contributed by atoms with Gasteiger partial charge in [0.15, 0.2) is 5.96 Å². The van der Waals surface area contributed by atoms with E-state index in [1.807, 2.05) is 38.1 Å². The van der Waals surface area contributed by atoms with Gasteiger partial charge in [-0.05, 0) is 44.7 Å². The fraction of sp³-hybridized carbons (Fsp3) is 0.650. The number of fused-ring (bicyclic) bond motifs is 1. The molecule has 0 unspecified atom stereocenters. The smallest absolute Gasteiger partial charge is 0.237 e. The van der Waals surface area contributed by atoms with Crippen molar-refractivity contribution in [3.8, 4) is 0 Å². The first-order valence-electron chi connectivity index (χ1n) is 10.3. The Morgan fingerprint density at radius 2 is 1.96 bits per heavy atom. The quantitative estimate of drug-likeness (QED) is 0.551. The van der Waals surface area contributed by atoms with Gasteiger partial charge in [0.1, 0.15) is 0 Å². The lowest BCUT2D eigenvalue weighted by Gasteiger charge is -2.34. The second-order valence-corrected chi connectivity index (χ2v) is 9.16. The van der Waals surface area contributed by atoms with Crippen LogP contribution in [0.25, 0.3) is 0 Å². The predicted molar refractivity (Wildman–Crippen MR) is 113 cm³/mol. The van der Waals surface area contributed by atoms with E-state index in [0.29, 0.717) is 12.6 Å². The fourth-order valence-corrected chi connectivity index (χ4v) is 5.26. The van der Waals surface area contributed by atoms with Crippen molar-refractivity contribution in [1.29, 1.82) is 0 Å². The Hall–Kier alpha value is -1.80. The molecule has 0 spiro atoms. The minimum absolute atomic E-state index is 0.0195. The maximum atomic E-state index is 12.8. The minimum atomic E-state index is -3.37. The van der Waals surface area contributed by atoms with Gasteiger partial charge in [-0.1, -0.05) is 18.2 Å².